The number of aromatic nitrogens is 3. The minimum absolute atomic E-state index is 0.0484. The second-order valence-corrected chi connectivity index (χ2v) is 7.08. The Morgan fingerprint density at radius 1 is 1.22 bits per heavy atom. The van der Waals surface area contributed by atoms with E-state index < -0.39 is 30.3 Å². The van der Waals surface area contributed by atoms with E-state index in [2.05, 4.69) is 25.2 Å². The Balaban J connectivity index is 1.56. The average molecular weight is 451 g/mol. The summed E-state index contributed by atoms with van der Waals surface area (Å²) in [5.74, 6) is -0.597. The van der Waals surface area contributed by atoms with Crippen LogP contribution < -0.4 is 15.0 Å². The van der Waals surface area contributed by atoms with Gasteiger partial charge in [-0.1, -0.05) is 0 Å². The summed E-state index contributed by atoms with van der Waals surface area (Å²) in [6.07, 6.45) is -4.57. The van der Waals surface area contributed by atoms with Crippen LogP contribution in [-0.4, -0.2) is 57.9 Å². The van der Waals surface area contributed by atoms with Gasteiger partial charge in [-0.2, -0.15) is 5.10 Å². The SMILES string of the molecule is O=C(Nc1ccc(OC(F)(F)F)cc1)c1cnc(N2CC(O)C(F)C2)c(-c2ccn[nH]2)c1. The van der Waals surface area contributed by atoms with Crippen molar-refractivity contribution >= 4 is 17.4 Å². The molecule has 4 rings (SSSR count). The van der Waals surface area contributed by atoms with E-state index in [0.717, 1.165) is 12.1 Å². The van der Waals surface area contributed by atoms with Gasteiger partial charge in [-0.05, 0) is 36.4 Å². The maximum Gasteiger partial charge on any atom is 0.573 e. The predicted molar refractivity (Wildman–Crippen MR) is 106 cm³/mol. The van der Waals surface area contributed by atoms with Gasteiger partial charge in [0.2, 0.25) is 0 Å². The number of aliphatic hydroxyl groups is 1. The molecule has 1 aliphatic heterocycles. The number of aliphatic hydroxyl groups excluding tert-OH is 1. The molecule has 2 unspecified atom stereocenters. The monoisotopic (exact) mass is 451 g/mol. The van der Waals surface area contributed by atoms with Crippen LogP contribution in [0.5, 0.6) is 5.75 Å². The molecule has 3 aromatic rings. The van der Waals surface area contributed by atoms with E-state index in [9.17, 15) is 27.5 Å². The number of hydrogen-bond donors (Lipinski definition) is 3. The number of ether oxygens (including phenoxy) is 1. The first-order chi connectivity index (χ1) is 15.2. The van der Waals surface area contributed by atoms with E-state index in [0.29, 0.717) is 17.1 Å². The van der Waals surface area contributed by atoms with E-state index in [-0.39, 0.29) is 24.3 Å². The zero-order valence-electron chi connectivity index (χ0n) is 16.3. The van der Waals surface area contributed by atoms with Gasteiger partial charge in [0.15, 0.2) is 0 Å². The Bertz CT molecular complexity index is 1080. The number of aromatic amines is 1. The molecule has 32 heavy (non-hydrogen) atoms. The number of nitrogens with one attached hydrogen (secondary N) is 2. The fourth-order valence-corrected chi connectivity index (χ4v) is 3.30. The van der Waals surface area contributed by atoms with Gasteiger partial charge in [-0.15, -0.1) is 13.2 Å². The number of halogens is 4. The number of alkyl halides is 4. The summed E-state index contributed by atoms with van der Waals surface area (Å²) in [7, 11) is 0. The number of hydrogen-bond acceptors (Lipinski definition) is 6. The molecule has 2 atom stereocenters. The van der Waals surface area contributed by atoms with Crippen molar-refractivity contribution in [2.75, 3.05) is 23.3 Å². The smallest absolute Gasteiger partial charge is 0.406 e. The largest absolute Gasteiger partial charge is 0.573 e. The molecule has 0 bridgehead atoms. The average Bonchev–Trinajstić information content (AvgIpc) is 3.38. The van der Waals surface area contributed by atoms with Gasteiger partial charge in [0.1, 0.15) is 23.8 Å². The topological polar surface area (TPSA) is 103 Å². The van der Waals surface area contributed by atoms with Crippen molar-refractivity contribution in [3.05, 3.63) is 54.4 Å². The zero-order valence-corrected chi connectivity index (χ0v) is 16.3. The van der Waals surface area contributed by atoms with Crippen molar-refractivity contribution in [3.63, 3.8) is 0 Å². The molecule has 8 nitrogen and oxygen atoms in total. The zero-order chi connectivity index (χ0) is 22.9. The van der Waals surface area contributed by atoms with Gasteiger partial charge in [0.05, 0.1) is 17.8 Å². The van der Waals surface area contributed by atoms with Crippen LogP contribution in [-0.2, 0) is 0 Å². The lowest BCUT2D eigenvalue weighted by molar-refractivity contribution is -0.274. The molecular weight excluding hydrogens is 434 g/mol. The third kappa shape index (κ3) is 4.80. The molecule has 1 amide bonds. The highest BCUT2D eigenvalue weighted by Crippen LogP contribution is 2.32. The standard InChI is InChI=1S/C20H17F4N5O3/c21-15-9-29(10-17(15)30)18-14(16-5-6-26-28-16)7-11(8-25-18)19(31)27-12-1-3-13(4-2-12)32-20(22,23)24/h1-8,15,17,30H,9-10H2,(H,26,28)(H,27,31). The van der Waals surface area contributed by atoms with E-state index >= 15 is 0 Å². The van der Waals surface area contributed by atoms with Crippen molar-refractivity contribution in [1.82, 2.24) is 15.2 Å². The molecule has 2 aromatic heterocycles. The third-order valence-corrected chi connectivity index (χ3v) is 4.78. The lowest BCUT2D eigenvalue weighted by atomic mass is 10.1. The first-order valence-corrected chi connectivity index (χ1v) is 9.43. The molecule has 3 heterocycles. The maximum absolute atomic E-state index is 13.8. The molecule has 1 saturated heterocycles. The number of rotatable bonds is 5. The number of anilines is 2. The molecule has 1 aliphatic rings. The first-order valence-electron chi connectivity index (χ1n) is 9.43. The number of benzene rings is 1. The summed E-state index contributed by atoms with van der Waals surface area (Å²) in [5.41, 5.74) is 1.42. The molecule has 1 aromatic carbocycles. The first kappa shape index (κ1) is 21.6. The van der Waals surface area contributed by atoms with Crippen molar-refractivity contribution in [2.24, 2.45) is 0 Å². The summed E-state index contributed by atoms with van der Waals surface area (Å²) >= 11 is 0. The Morgan fingerprint density at radius 2 is 1.97 bits per heavy atom. The van der Waals surface area contributed by atoms with Crippen molar-refractivity contribution in [1.29, 1.82) is 0 Å². The number of β-amino-alcohol motifs (C(OH)–C–C–N with tert-alkyl or cyclic N) is 1. The predicted octanol–water partition coefficient (Wildman–Crippen LogP) is 3.14. The quantitative estimate of drug-likeness (QED) is 0.515. The van der Waals surface area contributed by atoms with Crippen LogP contribution in [0.25, 0.3) is 11.3 Å². The van der Waals surface area contributed by atoms with Gasteiger partial charge >= 0.3 is 6.36 Å². The van der Waals surface area contributed by atoms with Crippen molar-refractivity contribution < 1.29 is 32.2 Å². The summed E-state index contributed by atoms with van der Waals surface area (Å²) in [4.78, 5) is 18.6. The summed E-state index contributed by atoms with van der Waals surface area (Å²) in [6.45, 7) is 0.000382. The molecule has 168 valence electrons. The molecule has 0 spiro atoms. The fraction of sp³-hybridized carbons (Fsp3) is 0.250. The van der Waals surface area contributed by atoms with E-state index in [1.165, 1.54) is 30.6 Å². The molecule has 12 heteroatoms. The van der Waals surface area contributed by atoms with E-state index in [1.54, 1.807) is 11.0 Å². The maximum atomic E-state index is 13.8. The van der Waals surface area contributed by atoms with Crippen LogP contribution in [0.4, 0.5) is 29.1 Å². The number of nitrogens with zero attached hydrogens (tertiary/aromatic N) is 3. The van der Waals surface area contributed by atoms with Crippen LogP contribution in [0.15, 0.2) is 48.8 Å². The van der Waals surface area contributed by atoms with Crippen LogP contribution in [0.3, 0.4) is 0 Å². The Hall–Kier alpha value is -3.67. The lowest BCUT2D eigenvalue weighted by Gasteiger charge is -2.20. The van der Waals surface area contributed by atoms with Gasteiger partial charge in [-0.3, -0.25) is 9.89 Å². The highest BCUT2D eigenvalue weighted by atomic mass is 19.4. The van der Waals surface area contributed by atoms with Crippen LogP contribution in [0, 0.1) is 0 Å². The molecular formula is C20H17F4N5O3. The van der Waals surface area contributed by atoms with Crippen LogP contribution in [0.1, 0.15) is 10.4 Å². The summed E-state index contributed by atoms with van der Waals surface area (Å²) in [6, 6.07) is 7.87. The third-order valence-electron chi connectivity index (χ3n) is 4.78. The van der Waals surface area contributed by atoms with Gasteiger partial charge in [-0.25, -0.2) is 9.37 Å². The minimum atomic E-state index is -4.81. The number of carbonyl (C=O) groups excluding carboxylic acids is 1. The number of amides is 1. The highest BCUT2D eigenvalue weighted by Gasteiger charge is 2.33. The summed E-state index contributed by atoms with van der Waals surface area (Å²) in [5, 5.41) is 19.0. The Morgan fingerprint density at radius 3 is 2.56 bits per heavy atom. The lowest BCUT2D eigenvalue weighted by Crippen LogP contribution is -2.23. The fourth-order valence-electron chi connectivity index (χ4n) is 3.30. The minimum Gasteiger partial charge on any atom is -0.406 e. The normalized spacial score (nSPS) is 18.6. The van der Waals surface area contributed by atoms with Crippen molar-refractivity contribution in [2.45, 2.75) is 18.6 Å². The molecule has 3 N–H and O–H groups in total. The molecule has 1 fully saturated rings. The molecule has 0 radical (unpaired) electrons. The Kier molecular flexibility index (Phi) is 5.70. The second kappa shape index (κ2) is 8.46. The number of pyridine rings is 1. The van der Waals surface area contributed by atoms with Gasteiger partial charge < -0.3 is 20.1 Å². The highest BCUT2D eigenvalue weighted by molar-refractivity contribution is 6.05. The molecule has 0 aliphatic carbocycles. The van der Waals surface area contributed by atoms with Crippen LogP contribution in [0.2, 0.25) is 0 Å². The van der Waals surface area contributed by atoms with Gasteiger partial charge in [0.25, 0.3) is 5.91 Å². The van der Waals surface area contributed by atoms with Crippen molar-refractivity contribution in [3.8, 4) is 17.0 Å². The summed E-state index contributed by atoms with van der Waals surface area (Å²) < 4.78 is 54.4. The number of carbonyl (C=O) groups is 1. The number of H-pyrrole nitrogens is 1. The second-order valence-electron chi connectivity index (χ2n) is 7.08. The van der Waals surface area contributed by atoms with Crippen LogP contribution >= 0.6 is 0 Å². The Labute approximate surface area is 178 Å². The van der Waals surface area contributed by atoms with E-state index in [1.807, 2.05) is 0 Å². The van der Waals surface area contributed by atoms with E-state index in [4.69, 9.17) is 0 Å². The van der Waals surface area contributed by atoms with Gasteiger partial charge in [0, 0.05) is 30.2 Å². The molecule has 0 saturated carbocycles.